The fourth-order valence-corrected chi connectivity index (χ4v) is 4.14. The summed E-state index contributed by atoms with van der Waals surface area (Å²) in [6.07, 6.45) is 3.08. The van der Waals surface area contributed by atoms with E-state index in [1.54, 1.807) is 0 Å². The molecule has 29 heavy (non-hydrogen) atoms. The number of benzene rings is 3. The topological polar surface area (TPSA) is 50.4 Å². The van der Waals surface area contributed by atoms with Crippen LogP contribution in [-0.4, -0.2) is 25.1 Å². The van der Waals surface area contributed by atoms with Crippen LogP contribution in [-0.2, 0) is 5.54 Å². The first kappa shape index (κ1) is 18.2. The van der Waals surface area contributed by atoms with Crippen molar-refractivity contribution in [1.29, 1.82) is 0 Å². The molecule has 0 spiro atoms. The fraction of sp³-hybridized carbons (Fsp3) is 0.320. The largest absolute Gasteiger partial charge is 0.492 e. The van der Waals surface area contributed by atoms with Gasteiger partial charge in [-0.1, -0.05) is 48.5 Å². The second kappa shape index (κ2) is 7.20. The van der Waals surface area contributed by atoms with Crippen LogP contribution in [0, 0.1) is 6.92 Å². The van der Waals surface area contributed by atoms with E-state index in [-0.39, 0.29) is 11.4 Å². The van der Waals surface area contributed by atoms with Gasteiger partial charge in [-0.05, 0) is 66.8 Å². The SMILES string of the molecule is Cc1ccc(OCC2CCN2)cc1C(=O)NC1(c2cccc3ccccc23)CC1. The monoisotopic (exact) mass is 386 g/mol. The quantitative estimate of drug-likeness (QED) is 0.664. The van der Waals surface area contributed by atoms with Gasteiger partial charge < -0.3 is 15.4 Å². The molecule has 1 unspecified atom stereocenters. The first-order valence-corrected chi connectivity index (χ1v) is 10.4. The summed E-state index contributed by atoms with van der Waals surface area (Å²) in [6, 6.07) is 21.0. The summed E-state index contributed by atoms with van der Waals surface area (Å²) in [7, 11) is 0. The van der Waals surface area contributed by atoms with Crippen LogP contribution in [0.3, 0.4) is 0 Å². The number of amides is 1. The molecule has 148 valence electrons. The molecule has 2 fully saturated rings. The number of fused-ring (bicyclic) bond motifs is 1. The van der Waals surface area contributed by atoms with E-state index >= 15 is 0 Å². The Labute approximate surface area is 171 Å². The standard InChI is InChI=1S/C25H26N2O2/c1-17-9-10-20(29-16-19-11-14-26-19)15-22(17)24(28)27-25(12-13-25)23-8-4-6-18-5-2-3-7-21(18)23/h2-10,15,19,26H,11-14,16H2,1H3,(H,27,28). The highest BCUT2D eigenvalue weighted by Crippen LogP contribution is 2.48. The number of carbonyl (C=O) groups is 1. The molecule has 2 aliphatic rings. The molecular weight excluding hydrogens is 360 g/mol. The van der Waals surface area contributed by atoms with Gasteiger partial charge in [0.05, 0.1) is 5.54 Å². The van der Waals surface area contributed by atoms with Crippen molar-refractivity contribution < 1.29 is 9.53 Å². The average Bonchev–Trinajstić information content (AvgIpc) is 3.48. The summed E-state index contributed by atoms with van der Waals surface area (Å²) >= 11 is 0. The summed E-state index contributed by atoms with van der Waals surface area (Å²) in [5.74, 6) is 0.726. The van der Waals surface area contributed by atoms with Crippen LogP contribution in [0.4, 0.5) is 0 Å². The molecule has 2 N–H and O–H groups in total. The number of rotatable bonds is 6. The van der Waals surface area contributed by atoms with Crippen LogP contribution in [0.5, 0.6) is 5.75 Å². The third kappa shape index (κ3) is 3.49. The van der Waals surface area contributed by atoms with E-state index in [9.17, 15) is 4.79 Å². The molecule has 0 radical (unpaired) electrons. The van der Waals surface area contributed by atoms with Crippen molar-refractivity contribution in [3.63, 3.8) is 0 Å². The molecular formula is C25H26N2O2. The molecule has 3 aromatic carbocycles. The molecule has 4 heteroatoms. The Kier molecular flexibility index (Phi) is 4.51. The van der Waals surface area contributed by atoms with Gasteiger partial charge in [0.15, 0.2) is 0 Å². The van der Waals surface area contributed by atoms with Gasteiger partial charge in [-0.2, -0.15) is 0 Å². The highest BCUT2D eigenvalue weighted by Gasteiger charge is 2.46. The van der Waals surface area contributed by atoms with Crippen molar-refractivity contribution >= 4 is 16.7 Å². The molecule has 0 aromatic heterocycles. The molecule has 1 atom stereocenters. The molecule has 1 amide bonds. The van der Waals surface area contributed by atoms with Crippen LogP contribution in [0.25, 0.3) is 10.8 Å². The maximum Gasteiger partial charge on any atom is 0.252 e. The van der Waals surface area contributed by atoms with Crippen molar-refractivity contribution in [2.24, 2.45) is 0 Å². The molecule has 4 nitrogen and oxygen atoms in total. The highest BCUT2D eigenvalue weighted by atomic mass is 16.5. The predicted molar refractivity (Wildman–Crippen MR) is 115 cm³/mol. The summed E-state index contributed by atoms with van der Waals surface area (Å²) in [5.41, 5.74) is 2.60. The van der Waals surface area contributed by atoms with Crippen molar-refractivity contribution in [2.45, 2.75) is 37.8 Å². The Morgan fingerprint density at radius 2 is 1.93 bits per heavy atom. The van der Waals surface area contributed by atoms with E-state index in [1.807, 2.05) is 25.1 Å². The first-order chi connectivity index (χ1) is 14.1. The maximum atomic E-state index is 13.2. The fourth-order valence-electron chi connectivity index (χ4n) is 4.14. The molecule has 1 saturated carbocycles. The van der Waals surface area contributed by atoms with Crippen LogP contribution >= 0.6 is 0 Å². The molecule has 0 bridgehead atoms. The smallest absolute Gasteiger partial charge is 0.252 e. The van der Waals surface area contributed by atoms with Gasteiger partial charge in [-0.15, -0.1) is 0 Å². The number of carbonyl (C=O) groups excluding carboxylic acids is 1. The Hall–Kier alpha value is -2.85. The lowest BCUT2D eigenvalue weighted by molar-refractivity contribution is 0.0930. The third-order valence-corrected chi connectivity index (χ3v) is 6.24. The Bertz CT molecular complexity index is 1060. The zero-order chi connectivity index (χ0) is 19.8. The lowest BCUT2D eigenvalue weighted by atomic mass is 9.96. The number of hydrogen-bond acceptors (Lipinski definition) is 3. The number of ether oxygens (including phenoxy) is 1. The Morgan fingerprint density at radius 3 is 2.69 bits per heavy atom. The highest BCUT2D eigenvalue weighted by molar-refractivity contribution is 5.97. The van der Waals surface area contributed by atoms with Crippen LogP contribution in [0.2, 0.25) is 0 Å². The van der Waals surface area contributed by atoms with E-state index in [0.717, 1.165) is 37.1 Å². The normalized spacial score (nSPS) is 19.4. The third-order valence-electron chi connectivity index (χ3n) is 6.24. The summed E-state index contributed by atoms with van der Waals surface area (Å²) in [5, 5.41) is 9.10. The van der Waals surface area contributed by atoms with E-state index in [0.29, 0.717) is 18.2 Å². The minimum Gasteiger partial charge on any atom is -0.492 e. The Balaban J connectivity index is 1.38. The van der Waals surface area contributed by atoms with Crippen LogP contribution < -0.4 is 15.4 Å². The van der Waals surface area contributed by atoms with E-state index in [1.165, 1.54) is 16.3 Å². The Morgan fingerprint density at radius 1 is 1.14 bits per heavy atom. The molecule has 1 aliphatic carbocycles. The zero-order valence-corrected chi connectivity index (χ0v) is 16.7. The lowest BCUT2D eigenvalue weighted by Gasteiger charge is -2.27. The molecule has 1 saturated heterocycles. The van der Waals surface area contributed by atoms with E-state index < -0.39 is 0 Å². The van der Waals surface area contributed by atoms with Crippen LogP contribution in [0.15, 0.2) is 60.7 Å². The summed E-state index contributed by atoms with van der Waals surface area (Å²) in [6.45, 7) is 3.68. The second-order valence-corrected chi connectivity index (χ2v) is 8.29. The maximum absolute atomic E-state index is 13.2. The van der Waals surface area contributed by atoms with Gasteiger partial charge in [-0.25, -0.2) is 0 Å². The first-order valence-electron chi connectivity index (χ1n) is 10.4. The average molecular weight is 386 g/mol. The van der Waals surface area contributed by atoms with Crippen molar-refractivity contribution in [2.75, 3.05) is 13.2 Å². The minimum atomic E-state index is -0.267. The van der Waals surface area contributed by atoms with Gasteiger partial charge in [0.2, 0.25) is 0 Å². The molecule has 3 aromatic rings. The van der Waals surface area contributed by atoms with Gasteiger partial charge >= 0.3 is 0 Å². The number of aryl methyl sites for hydroxylation is 1. The second-order valence-electron chi connectivity index (χ2n) is 8.29. The number of hydrogen-bond donors (Lipinski definition) is 2. The van der Waals surface area contributed by atoms with Crippen molar-refractivity contribution in [3.8, 4) is 5.75 Å². The molecule has 1 aliphatic heterocycles. The summed E-state index contributed by atoms with van der Waals surface area (Å²) in [4.78, 5) is 13.2. The summed E-state index contributed by atoms with van der Waals surface area (Å²) < 4.78 is 5.90. The predicted octanol–water partition coefficient (Wildman–Crippen LogP) is 4.31. The van der Waals surface area contributed by atoms with Crippen molar-refractivity contribution in [3.05, 3.63) is 77.4 Å². The zero-order valence-electron chi connectivity index (χ0n) is 16.7. The van der Waals surface area contributed by atoms with Gasteiger partial charge in [0.25, 0.3) is 5.91 Å². The van der Waals surface area contributed by atoms with Gasteiger partial charge in [0.1, 0.15) is 12.4 Å². The van der Waals surface area contributed by atoms with E-state index in [2.05, 4.69) is 53.1 Å². The molecule has 1 heterocycles. The van der Waals surface area contributed by atoms with Gasteiger partial charge in [0, 0.05) is 11.6 Å². The number of nitrogens with one attached hydrogen (secondary N) is 2. The van der Waals surface area contributed by atoms with Crippen molar-refractivity contribution in [1.82, 2.24) is 10.6 Å². The minimum absolute atomic E-state index is 0.0276. The van der Waals surface area contributed by atoms with E-state index in [4.69, 9.17) is 4.74 Å². The molecule has 5 rings (SSSR count). The lowest BCUT2D eigenvalue weighted by Crippen LogP contribution is -2.46. The van der Waals surface area contributed by atoms with Gasteiger partial charge in [-0.3, -0.25) is 4.79 Å². The van der Waals surface area contributed by atoms with Crippen LogP contribution in [0.1, 0.15) is 40.7 Å².